The van der Waals surface area contributed by atoms with Crippen molar-refractivity contribution < 1.29 is 18.7 Å². The Bertz CT molecular complexity index is 1150. The number of para-hydroxylation sites is 1. The van der Waals surface area contributed by atoms with E-state index in [2.05, 4.69) is 5.32 Å². The van der Waals surface area contributed by atoms with Crippen molar-refractivity contribution in [3.05, 3.63) is 90.2 Å². The van der Waals surface area contributed by atoms with E-state index in [4.69, 9.17) is 17.0 Å². The predicted molar refractivity (Wildman–Crippen MR) is 128 cm³/mol. The lowest BCUT2D eigenvalue weighted by Crippen LogP contribution is -2.46. The summed E-state index contributed by atoms with van der Waals surface area (Å²) in [5.41, 5.74) is 2.00. The SMILES string of the molecule is COc1ccc(CN(C(=S)Nc2ccccc2)[C@@H]2CC(=O)N(c3ccc(F)cc3)C2=O)cc1. The molecule has 3 aromatic rings. The van der Waals surface area contributed by atoms with Gasteiger partial charge in [0.1, 0.15) is 17.6 Å². The lowest BCUT2D eigenvalue weighted by atomic mass is 10.1. The van der Waals surface area contributed by atoms with Crippen LogP contribution < -0.4 is 15.0 Å². The van der Waals surface area contributed by atoms with E-state index in [9.17, 15) is 14.0 Å². The number of carbonyl (C=O) groups excluding carboxylic acids is 2. The average molecular weight is 464 g/mol. The number of thiocarbonyl (C=S) groups is 1. The molecule has 33 heavy (non-hydrogen) atoms. The van der Waals surface area contributed by atoms with Gasteiger partial charge < -0.3 is 15.0 Å². The van der Waals surface area contributed by atoms with Crippen LogP contribution in [0.3, 0.4) is 0 Å². The Morgan fingerprint density at radius 2 is 1.73 bits per heavy atom. The van der Waals surface area contributed by atoms with E-state index in [1.807, 2.05) is 54.6 Å². The molecule has 1 aliphatic heterocycles. The van der Waals surface area contributed by atoms with Gasteiger partial charge in [-0.1, -0.05) is 30.3 Å². The van der Waals surface area contributed by atoms with Gasteiger partial charge in [0.15, 0.2) is 5.11 Å². The van der Waals surface area contributed by atoms with Gasteiger partial charge >= 0.3 is 0 Å². The second-order valence-corrected chi connectivity index (χ2v) is 7.92. The van der Waals surface area contributed by atoms with Gasteiger partial charge in [0.05, 0.1) is 19.2 Å². The zero-order valence-electron chi connectivity index (χ0n) is 17.9. The van der Waals surface area contributed by atoms with Crippen molar-refractivity contribution in [2.45, 2.75) is 19.0 Å². The van der Waals surface area contributed by atoms with Gasteiger partial charge in [-0.3, -0.25) is 9.59 Å². The number of nitrogens with zero attached hydrogens (tertiary/aromatic N) is 2. The largest absolute Gasteiger partial charge is 0.497 e. The summed E-state index contributed by atoms with van der Waals surface area (Å²) in [6.45, 7) is 0.309. The number of hydrogen-bond donors (Lipinski definition) is 1. The highest BCUT2D eigenvalue weighted by Gasteiger charge is 2.43. The van der Waals surface area contributed by atoms with Crippen molar-refractivity contribution in [1.82, 2.24) is 4.90 Å². The van der Waals surface area contributed by atoms with E-state index < -0.39 is 17.8 Å². The number of ether oxygens (including phenoxy) is 1. The molecule has 0 spiro atoms. The van der Waals surface area contributed by atoms with Crippen LogP contribution in [0.2, 0.25) is 0 Å². The molecule has 168 valence electrons. The second-order valence-electron chi connectivity index (χ2n) is 7.54. The number of benzene rings is 3. The fourth-order valence-electron chi connectivity index (χ4n) is 3.69. The molecule has 0 unspecified atom stereocenters. The molecular formula is C25H22FN3O3S. The third-order valence-electron chi connectivity index (χ3n) is 5.38. The minimum absolute atomic E-state index is 0.0387. The lowest BCUT2D eigenvalue weighted by molar-refractivity contribution is -0.122. The van der Waals surface area contributed by atoms with Gasteiger partial charge in [-0.2, -0.15) is 0 Å². The molecule has 1 aliphatic rings. The Hall–Kier alpha value is -3.78. The molecular weight excluding hydrogens is 441 g/mol. The number of anilines is 2. The van der Waals surface area contributed by atoms with Gasteiger partial charge in [-0.05, 0) is 66.3 Å². The van der Waals surface area contributed by atoms with E-state index in [1.165, 1.54) is 24.3 Å². The first kappa shape index (κ1) is 22.4. The average Bonchev–Trinajstić information content (AvgIpc) is 3.12. The van der Waals surface area contributed by atoms with Crippen LogP contribution in [0.1, 0.15) is 12.0 Å². The molecule has 8 heteroatoms. The molecule has 4 rings (SSSR count). The summed E-state index contributed by atoms with van der Waals surface area (Å²) in [5, 5.41) is 3.48. The van der Waals surface area contributed by atoms with Gasteiger partial charge in [-0.25, -0.2) is 9.29 Å². The van der Waals surface area contributed by atoms with E-state index in [-0.39, 0.29) is 12.3 Å². The predicted octanol–water partition coefficient (Wildman–Crippen LogP) is 4.37. The molecule has 3 aromatic carbocycles. The van der Waals surface area contributed by atoms with Crippen LogP contribution in [0.15, 0.2) is 78.9 Å². The van der Waals surface area contributed by atoms with Crippen LogP contribution in [0.5, 0.6) is 5.75 Å². The van der Waals surface area contributed by atoms with Crippen molar-refractivity contribution in [2.24, 2.45) is 0 Å². The number of methoxy groups -OCH3 is 1. The highest BCUT2D eigenvalue weighted by Crippen LogP contribution is 2.28. The standard InChI is InChI=1S/C25H22FN3O3S/c1-32-21-13-7-17(8-14-21)16-28(25(33)27-19-5-3-2-4-6-19)22-15-23(30)29(24(22)31)20-11-9-18(26)10-12-20/h2-14,22H,15-16H2,1H3,(H,27,33)/t22-/m1/s1. The van der Waals surface area contributed by atoms with Crippen LogP contribution in [-0.2, 0) is 16.1 Å². The molecule has 0 aliphatic carbocycles. The third kappa shape index (κ3) is 5.01. The van der Waals surface area contributed by atoms with E-state index in [1.54, 1.807) is 12.0 Å². The molecule has 0 radical (unpaired) electrons. The highest BCUT2D eigenvalue weighted by atomic mass is 32.1. The molecule has 0 saturated carbocycles. The smallest absolute Gasteiger partial charge is 0.257 e. The van der Waals surface area contributed by atoms with E-state index in [0.29, 0.717) is 23.1 Å². The molecule has 1 saturated heterocycles. The molecule has 6 nitrogen and oxygen atoms in total. The fourth-order valence-corrected chi connectivity index (χ4v) is 4.00. The number of rotatable bonds is 6. The number of nitrogens with one attached hydrogen (secondary N) is 1. The maximum absolute atomic E-state index is 13.4. The Labute approximate surface area is 196 Å². The summed E-state index contributed by atoms with van der Waals surface area (Å²) in [7, 11) is 1.59. The maximum atomic E-state index is 13.4. The first-order chi connectivity index (χ1) is 16.0. The molecule has 0 bridgehead atoms. The second kappa shape index (κ2) is 9.79. The van der Waals surface area contributed by atoms with Crippen LogP contribution >= 0.6 is 12.2 Å². The summed E-state index contributed by atoms with van der Waals surface area (Å²) < 4.78 is 18.6. The van der Waals surface area contributed by atoms with E-state index >= 15 is 0 Å². The van der Waals surface area contributed by atoms with Crippen LogP contribution in [-0.4, -0.2) is 35.0 Å². The number of halogens is 1. The molecule has 2 amide bonds. The fraction of sp³-hybridized carbons (Fsp3) is 0.160. The minimum atomic E-state index is -0.798. The third-order valence-corrected chi connectivity index (χ3v) is 5.72. The summed E-state index contributed by atoms with van der Waals surface area (Å²) in [6, 6.07) is 21.3. The summed E-state index contributed by atoms with van der Waals surface area (Å²) in [5.74, 6) is -0.496. The summed E-state index contributed by atoms with van der Waals surface area (Å²) in [6.07, 6.45) is -0.0387. The summed E-state index contributed by atoms with van der Waals surface area (Å²) in [4.78, 5) is 29.0. The minimum Gasteiger partial charge on any atom is -0.497 e. The number of carbonyl (C=O) groups is 2. The summed E-state index contributed by atoms with van der Waals surface area (Å²) >= 11 is 5.66. The number of amides is 2. The topological polar surface area (TPSA) is 61.9 Å². The molecule has 0 aromatic heterocycles. The number of imide groups is 1. The van der Waals surface area contributed by atoms with Gasteiger partial charge in [-0.15, -0.1) is 0 Å². The quantitative estimate of drug-likeness (QED) is 0.433. The normalized spacial score (nSPS) is 15.5. The van der Waals surface area contributed by atoms with Gasteiger partial charge in [0, 0.05) is 12.2 Å². The van der Waals surface area contributed by atoms with Crippen LogP contribution in [0.25, 0.3) is 0 Å². The van der Waals surface area contributed by atoms with Crippen LogP contribution in [0, 0.1) is 5.82 Å². The Kier molecular flexibility index (Phi) is 6.65. The first-order valence-electron chi connectivity index (χ1n) is 10.3. The van der Waals surface area contributed by atoms with Crippen molar-refractivity contribution in [2.75, 3.05) is 17.3 Å². The van der Waals surface area contributed by atoms with Crippen molar-refractivity contribution in [3.63, 3.8) is 0 Å². The van der Waals surface area contributed by atoms with Crippen LogP contribution in [0.4, 0.5) is 15.8 Å². The monoisotopic (exact) mass is 463 g/mol. The van der Waals surface area contributed by atoms with Crippen molar-refractivity contribution in [1.29, 1.82) is 0 Å². The Morgan fingerprint density at radius 3 is 2.36 bits per heavy atom. The van der Waals surface area contributed by atoms with Gasteiger partial charge in [0.2, 0.25) is 5.91 Å². The molecule has 1 atom stereocenters. The van der Waals surface area contributed by atoms with Gasteiger partial charge in [0.25, 0.3) is 5.91 Å². The lowest BCUT2D eigenvalue weighted by Gasteiger charge is -2.30. The first-order valence-corrected chi connectivity index (χ1v) is 10.7. The Balaban J connectivity index is 1.62. The molecule has 1 heterocycles. The zero-order chi connectivity index (χ0) is 23.4. The molecule has 1 fully saturated rings. The molecule has 1 N–H and O–H groups in total. The number of hydrogen-bond acceptors (Lipinski definition) is 4. The van der Waals surface area contributed by atoms with Crippen molar-refractivity contribution >= 4 is 40.5 Å². The van der Waals surface area contributed by atoms with E-state index in [0.717, 1.165) is 16.2 Å². The maximum Gasteiger partial charge on any atom is 0.257 e. The Morgan fingerprint density at radius 1 is 1.06 bits per heavy atom. The highest BCUT2D eigenvalue weighted by molar-refractivity contribution is 7.80. The van der Waals surface area contributed by atoms with Crippen molar-refractivity contribution in [3.8, 4) is 5.75 Å². The zero-order valence-corrected chi connectivity index (χ0v) is 18.7.